The Balaban J connectivity index is 1.39. The minimum Gasteiger partial charge on any atom is -0.373 e. The lowest BCUT2D eigenvalue weighted by atomic mass is 9.89. The maximum absolute atomic E-state index is 12.6. The highest BCUT2D eigenvalue weighted by atomic mass is 35.5. The van der Waals surface area contributed by atoms with Crippen molar-refractivity contribution in [1.29, 1.82) is 0 Å². The van der Waals surface area contributed by atoms with Crippen molar-refractivity contribution in [2.45, 2.75) is 37.5 Å². The van der Waals surface area contributed by atoms with Crippen LogP contribution in [0.5, 0.6) is 0 Å². The van der Waals surface area contributed by atoms with Gasteiger partial charge >= 0.3 is 0 Å². The SMILES string of the molecule is O=C(NC1CCC2OCCOC2C1)c1ccc(-c2ccc(Cl)c(Cl)c2)cc1. The number of rotatable bonds is 3. The van der Waals surface area contributed by atoms with Gasteiger partial charge in [0.15, 0.2) is 0 Å². The van der Waals surface area contributed by atoms with Crippen LogP contribution in [0.3, 0.4) is 0 Å². The number of nitrogens with one attached hydrogen (secondary N) is 1. The first kappa shape index (κ1) is 18.8. The smallest absolute Gasteiger partial charge is 0.251 e. The number of ether oxygens (including phenoxy) is 2. The van der Waals surface area contributed by atoms with Crippen LogP contribution < -0.4 is 5.32 Å². The maximum atomic E-state index is 12.6. The Morgan fingerprint density at radius 1 is 0.889 bits per heavy atom. The largest absolute Gasteiger partial charge is 0.373 e. The number of benzene rings is 2. The monoisotopic (exact) mass is 405 g/mol. The first-order chi connectivity index (χ1) is 13.1. The molecule has 2 fully saturated rings. The van der Waals surface area contributed by atoms with Crippen LogP contribution in [0.15, 0.2) is 42.5 Å². The highest BCUT2D eigenvalue weighted by Gasteiger charge is 2.34. The molecular formula is C21H21Cl2NO3. The number of halogens is 2. The molecule has 0 spiro atoms. The molecule has 4 nitrogen and oxygen atoms in total. The van der Waals surface area contributed by atoms with Gasteiger partial charge in [-0.25, -0.2) is 0 Å². The molecule has 0 bridgehead atoms. The molecule has 3 unspecified atom stereocenters. The van der Waals surface area contributed by atoms with Gasteiger partial charge < -0.3 is 14.8 Å². The Morgan fingerprint density at radius 3 is 2.33 bits per heavy atom. The molecule has 1 heterocycles. The van der Waals surface area contributed by atoms with Gasteiger partial charge in [0, 0.05) is 11.6 Å². The van der Waals surface area contributed by atoms with E-state index in [-0.39, 0.29) is 24.2 Å². The number of hydrogen-bond acceptors (Lipinski definition) is 3. The standard InChI is InChI=1S/C21H21Cl2NO3/c22-17-7-5-15(11-18(17)23)13-1-3-14(4-2-13)21(25)24-16-6-8-19-20(12-16)27-10-9-26-19/h1-5,7,11,16,19-20H,6,8-10,12H2,(H,24,25). The predicted molar refractivity (Wildman–Crippen MR) is 106 cm³/mol. The van der Waals surface area contributed by atoms with E-state index in [0.717, 1.165) is 30.4 Å². The van der Waals surface area contributed by atoms with E-state index in [1.807, 2.05) is 36.4 Å². The number of hydrogen-bond donors (Lipinski definition) is 1. The third kappa shape index (κ3) is 4.30. The zero-order valence-corrected chi connectivity index (χ0v) is 16.3. The molecule has 0 aromatic heterocycles. The van der Waals surface area contributed by atoms with Crippen LogP contribution in [-0.4, -0.2) is 37.4 Å². The summed E-state index contributed by atoms with van der Waals surface area (Å²) in [7, 11) is 0. The van der Waals surface area contributed by atoms with Crippen molar-refractivity contribution in [1.82, 2.24) is 5.32 Å². The normalized spacial score (nSPS) is 24.9. The predicted octanol–water partition coefficient (Wildman–Crippen LogP) is 4.73. The molecular weight excluding hydrogens is 385 g/mol. The fourth-order valence-corrected chi connectivity index (χ4v) is 4.05. The van der Waals surface area contributed by atoms with Gasteiger partial charge in [0.25, 0.3) is 5.91 Å². The quantitative estimate of drug-likeness (QED) is 0.802. The lowest BCUT2D eigenvalue weighted by Crippen LogP contribution is -2.49. The zero-order valence-electron chi connectivity index (χ0n) is 14.8. The van der Waals surface area contributed by atoms with Crippen LogP contribution in [0.4, 0.5) is 0 Å². The Morgan fingerprint density at radius 2 is 1.59 bits per heavy atom. The molecule has 1 saturated heterocycles. The van der Waals surface area contributed by atoms with Gasteiger partial charge in [0.05, 0.1) is 35.5 Å². The Kier molecular flexibility index (Phi) is 5.69. The zero-order chi connectivity index (χ0) is 18.8. The van der Waals surface area contributed by atoms with Crippen LogP contribution in [-0.2, 0) is 9.47 Å². The molecule has 2 aromatic carbocycles. The topological polar surface area (TPSA) is 47.6 Å². The number of carbonyl (C=O) groups is 1. The Bertz CT molecular complexity index is 825. The van der Waals surface area contributed by atoms with E-state index >= 15 is 0 Å². The minimum absolute atomic E-state index is 0.0594. The molecule has 3 atom stereocenters. The number of amides is 1. The summed E-state index contributed by atoms with van der Waals surface area (Å²) in [4.78, 5) is 12.6. The molecule has 1 saturated carbocycles. The summed E-state index contributed by atoms with van der Waals surface area (Å²) in [6.45, 7) is 1.31. The first-order valence-corrected chi connectivity index (χ1v) is 9.95. The van der Waals surface area contributed by atoms with Crippen molar-refractivity contribution >= 4 is 29.1 Å². The minimum atomic E-state index is -0.0594. The van der Waals surface area contributed by atoms with Crippen molar-refractivity contribution in [3.8, 4) is 11.1 Å². The molecule has 2 aromatic rings. The van der Waals surface area contributed by atoms with E-state index in [1.165, 1.54) is 0 Å². The van der Waals surface area contributed by atoms with Crippen LogP contribution in [0.25, 0.3) is 11.1 Å². The number of fused-ring (bicyclic) bond motifs is 1. The summed E-state index contributed by atoms with van der Waals surface area (Å²) >= 11 is 12.1. The molecule has 1 aliphatic heterocycles. The van der Waals surface area contributed by atoms with Gasteiger partial charge in [-0.15, -0.1) is 0 Å². The second-order valence-corrected chi connectivity index (χ2v) is 7.82. The van der Waals surface area contributed by atoms with E-state index in [9.17, 15) is 4.79 Å². The summed E-state index contributed by atoms with van der Waals surface area (Å²) < 4.78 is 11.5. The van der Waals surface area contributed by atoms with Crippen LogP contribution in [0.1, 0.15) is 29.6 Å². The molecule has 142 valence electrons. The molecule has 4 rings (SSSR count). The molecule has 27 heavy (non-hydrogen) atoms. The lowest BCUT2D eigenvalue weighted by molar-refractivity contribution is -0.157. The van der Waals surface area contributed by atoms with E-state index in [2.05, 4.69) is 5.32 Å². The van der Waals surface area contributed by atoms with Crippen molar-refractivity contribution in [3.63, 3.8) is 0 Å². The van der Waals surface area contributed by atoms with Gasteiger partial charge in [0.2, 0.25) is 0 Å². The highest BCUT2D eigenvalue weighted by Crippen LogP contribution is 2.29. The number of carbonyl (C=O) groups excluding carboxylic acids is 1. The Hall–Kier alpha value is -1.59. The van der Waals surface area contributed by atoms with E-state index in [1.54, 1.807) is 6.07 Å². The molecule has 2 aliphatic rings. The van der Waals surface area contributed by atoms with Gasteiger partial charge in [-0.3, -0.25) is 4.79 Å². The van der Waals surface area contributed by atoms with Crippen LogP contribution >= 0.6 is 23.2 Å². The third-order valence-corrected chi connectivity index (χ3v) is 5.95. The van der Waals surface area contributed by atoms with Crippen molar-refractivity contribution in [3.05, 3.63) is 58.1 Å². The second kappa shape index (κ2) is 8.19. The summed E-state index contributed by atoms with van der Waals surface area (Å²) in [5, 5.41) is 4.17. The van der Waals surface area contributed by atoms with E-state index in [4.69, 9.17) is 32.7 Å². The van der Waals surface area contributed by atoms with Gasteiger partial charge in [0.1, 0.15) is 0 Å². The second-order valence-electron chi connectivity index (χ2n) is 7.01. The molecule has 0 radical (unpaired) electrons. The molecule has 1 N–H and O–H groups in total. The Labute approximate surface area is 168 Å². The van der Waals surface area contributed by atoms with Crippen molar-refractivity contribution < 1.29 is 14.3 Å². The van der Waals surface area contributed by atoms with Crippen LogP contribution in [0, 0.1) is 0 Å². The van der Waals surface area contributed by atoms with Crippen LogP contribution in [0.2, 0.25) is 10.0 Å². The molecule has 6 heteroatoms. The summed E-state index contributed by atoms with van der Waals surface area (Å²) in [6, 6.07) is 13.1. The average Bonchev–Trinajstić information content (AvgIpc) is 2.70. The first-order valence-electron chi connectivity index (χ1n) is 9.20. The summed E-state index contributed by atoms with van der Waals surface area (Å²) in [5.41, 5.74) is 2.59. The van der Waals surface area contributed by atoms with Gasteiger partial charge in [-0.1, -0.05) is 41.4 Å². The highest BCUT2D eigenvalue weighted by molar-refractivity contribution is 6.42. The molecule has 1 aliphatic carbocycles. The summed E-state index contributed by atoms with van der Waals surface area (Å²) in [6.07, 6.45) is 2.91. The third-order valence-electron chi connectivity index (χ3n) is 5.21. The van der Waals surface area contributed by atoms with Crippen molar-refractivity contribution in [2.75, 3.05) is 13.2 Å². The average molecular weight is 406 g/mol. The molecule has 1 amide bonds. The van der Waals surface area contributed by atoms with E-state index in [0.29, 0.717) is 28.8 Å². The van der Waals surface area contributed by atoms with Gasteiger partial charge in [-0.05, 0) is 54.7 Å². The maximum Gasteiger partial charge on any atom is 0.251 e. The lowest BCUT2D eigenvalue weighted by Gasteiger charge is -2.39. The fourth-order valence-electron chi connectivity index (χ4n) is 3.76. The van der Waals surface area contributed by atoms with Crippen molar-refractivity contribution in [2.24, 2.45) is 0 Å². The van der Waals surface area contributed by atoms with E-state index < -0.39 is 0 Å². The van der Waals surface area contributed by atoms with Gasteiger partial charge in [-0.2, -0.15) is 0 Å². The summed E-state index contributed by atoms with van der Waals surface area (Å²) in [5.74, 6) is -0.0594. The fraction of sp³-hybridized carbons (Fsp3) is 0.381.